The molecule has 0 amide bonds. The Labute approximate surface area is 129 Å². The van der Waals surface area contributed by atoms with Crippen molar-refractivity contribution in [2.45, 2.75) is 24.7 Å². The molecule has 4 nitrogen and oxygen atoms in total. The lowest BCUT2D eigenvalue weighted by atomic mass is 9.82. The molecule has 0 saturated heterocycles. The predicted octanol–water partition coefficient (Wildman–Crippen LogP) is 2.44. The van der Waals surface area contributed by atoms with Gasteiger partial charge in [0.1, 0.15) is 12.1 Å². The van der Waals surface area contributed by atoms with E-state index in [1.165, 1.54) is 0 Å². The molecule has 0 aromatic heterocycles. The first-order valence-corrected chi connectivity index (χ1v) is 6.85. The van der Waals surface area contributed by atoms with E-state index in [9.17, 15) is 22.8 Å². The third-order valence-corrected chi connectivity index (χ3v) is 3.90. The molecule has 0 spiro atoms. The monoisotopic (exact) mass is 323 g/mol. The molecule has 0 radical (unpaired) electrons. The minimum absolute atomic E-state index is 0.00206. The third kappa shape index (κ3) is 2.68. The fraction of sp³-hybridized carbons (Fsp3) is 0.250. The number of ether oxygens (including phenoxy) is 1. The molecule has 120 valence electrons. The molecule has 0 saturated carbocycles. The highest BCUT2D eigenvalue weighted by Crippen LogP contribution is 2.36. The molecule has 2 unspecified atom stereocenters. The number of halogens is 3. The van der Waals surface area contributed by atoms with Gasteiger partial charge in [0, 0.05) is 6.42 Å². The number of fused-ring (bicyclic) bond motifs is 3. The first-order valence-electron chi connectivity index (χ1n) is 6.85. The number of carbonyl (C=O) groups excluding carboxylic acids is 2. The molecule has 23 heavy (non-hydrogen) atoms. The average Bonchev–Trinajstić information content (AvgIpc) is 2.50. The van der Waals surface area contributed by atoms with Gasteiger partial charge in [-0.2, -0.15) is 13.2 Å². The van der Waals surface area contributed by atoms with E-state index in [4.69, 9.17) is 5.73 Å². The van der Waals surface area contributed by atoms with Crippen molar-refractivity contribution in [1.82, 2.24) is 0 Å². The highest BCUT2D eigenvalue weighted by atomic mass is 19.4. The summed E-state index contributed by atoms with van der Waals surface area (Å²) < 4.78 is 41.9. The topological polar surface area (TPSA) is 69.4 Å². The van der Waals surface area contributed by atoms with E-state index >= 15 is 0 Å². The van der Waals surface area contributed by atoms with E-state index in [1.54, 1.807) is 24.3 Å². The van der Waals surface area contributed by atoms with Crippen molar-refractivity contribution in [3.63, 3.8) is 0 Å². The summed E-state index contributed by atoms with van der Waals surface area (Å²) in [5.74, 6) is -2.82. The maximum atomic E-state index is 12.5. The molecule has 2 N–H and O–H groups in total. The van der Waals surface area contributed by atoms with Crippen LogP contribution in [-0.4, -0.2) is 24.0 Å². The van der Waals surface area contributed by atoms with E-state index < -0.39 is 30.1 Å². The van der Waals surface area contributed by atoms with Crippen molar-refractivity contribution in [3.05, 3.63) is 47.5 Å². The summed E-state index contributed by atoms with van der Waals surface area (Å²) in [5.41, 5.74) is 6.57. The molecule has 0 fully saturated rings. The van der Waals surface area contributed by atoms with E-state index in [2.05, 4.69) is 4.74 Å². The van der Waals surface area contributed by atoms with Crippen LogP contribution in [0, 0.1) is 0 Å². The van der Waals surface area contributed by atoms with Crippen LogP contribution in [0.15, 0.2) is 36.4 Å². The second-order valence-corrected chi connectivity index (χ2v) is 5.35. The molecule has 1 aliphatic carbocycles. The van der Waals surface area contributed by atoms with Gasteiger partial charge in [-0.25, -0.2) is 4.79 Å². The highest BCUT2D eigenvalue weighted by Gasteiger charge is 2.45. The van der Waals surface area contributed by atoms with Gasteiger partial charge in [0.05, 0.1) is 0 Å². The molecule has 7 heteroatoms. The number of carbonyl (C=O) groups is 2. The molecular weight excluding hydrogens is 311 g/mol. The summed E-state index contributed by atoms with van der Waals surface area (Å²) in [7, 11) is 0. The Kier molecular flexibility index (Phi) is 3.60. The van der Waals surface area contributed by atoms with Gasteiger partial charge in [-0.3, -0.25) is 4.79 Å². The van der Waals surface area contributed by atoms with Crippen LogP contribution in [0.2, 0.25) is 0 Å². The molecular formula is C16H12F3NO3. The first-order chi connectivity index (χ1) is 10.8. The number of benzene rings is 2. The number of ketones is 1. The Hall–Kier alpha value is -2.41. The van der Waals surface area contributed by atoms with E-state index in [0.29, 0.717) is 11.1 Å². The van der Waals surface area contributed by atoms with Crippen LogP contribution in [0.25, 0.3) is 10.8 Å². The van der Waals surface area contributed by atoms with Gasteiger partial charge >= 0.3 is 12.1 Å². The van der Waals surface area contributed by atoms with Gasteiger partial charge in [0.15, 0.2) is 5.78 Å². The minimum atomic E-state index is -5.14. The lowest BCUT2D eigenvalue weighted by Crippen LogP contribution is -2.45. The summed E-state index contributed by atoms with van der Waals surface area (Å²) in [6, 6.07) is 9.11. The molecule has 0 heterocycles. The van der Waals surface area contributed by atoms with E-state index in [-0.39, 0.29) is 6.42 Å². The highest BCUT2D eigenvalue weighted by molar-refractivity contribution is 5.96. The van der Waals surface area contributed by atoms with Crippen LogP contribution >= 0.6 is 0 Å². The van der Waals surface area contributed by atoms with Crippen molar-refractivity contribution >= 4 is 22.5 Å². The fourth-order valence-electron chi connectivity index (χ4n) is 2.79. The zero-order chi connectivity index (χ0) is 16.8. The van der Waals surface area contributed by atoms with E-state index in [1.807, 2.05) is 12.1 Å². The van der Waals surface area contributed by atoms with Crippen LogP contribution in [0.5, 0.6) is 0 Å². The molecule has 0 bridgehead atoms. The summed E-state index contributed by atoms with van der Waals surface area (Å²) in [5, 5.41) is 1.58. The third-order valence-electron chi connectivity index (χ3n) is 3.90. The van der Waals surface area contributed by atoms with Gasteiger partial charge in [0.2, 0.25) is 0 Å². The summed E-state index contributed by atoms with van der Waals surface area (Å²) in [4.78, 5) is 23.2. The number of Topliss-reactive ketones (excluding diaryl/α,β-unsaturated/α-hetero) is 1. The second kappa shape index (κ2) is 5.34. The molecule has 2 aromatic rings. The van der Waals surface area contributed by atoms with Crippen LogP contribution in [0.3, 0.4) is 0 Å². The van der Waals surface area contributed by atoms with Crippen LogP contribution in [0.1, 0.15) is 17.2 Å². The van der Waals surface area contributed by atoms with Crippen LogP contribution < -0.4 is 5.73 Å². The van der Waals surface area contributed by atoms with Crippen molar-refractivity contribution in [2.24, 2.45) is 5.73 Å². The van der Waals surface area contributed by atoms with Gasteiger partial charge in [-0.1, -0.05) is 36.4 Å². The van der Waals surface area contributed by atoms with Gasteiger partial charge in [-0.15, -0.1) is 0 Å². The zero-order valence-electron chi connectivity index (χ0n) is 11.8. The molecule has 2 aromatic carbocycles. The van der Waals surface area contributed by atoms with Crippen molar-refractivity contribution in [2.75, 3.05) is 0 Å². The maximum absolute atomic E-state index is 12.5. The molecule has 1 aliphatic rings. The largest absolute Gasteiger partial charge is 0.490 e. The molecule has 3 rings (SSSR count). The number of esters is 1. The Morgan fingerprint density at radius 1 is 1.17 bits per heavy atom. The number of rotatable bonds is 1. The van der Waals surface area contributed by atoms with Gasteiger partial charge < -0.3 is 10.5 Å². The Morgan fingerprint density at radius 2 is 1.87 bits per heavy atom. The van der Waals surface area contributed by atoms with Crippen molar-refractivity contribution < 1.29 is 27.5 Å². The molecule has 2 atom stereocenters. The Morgan fingerprint density at radius 3 is 2.57 bits per heavy atom. The lowest BCUT2D eigenvalue weighted by molar-refractivity contribution is -0.206. The summed E-state index contributed by atoms with van der Waals surface area (Å²) in [6.07, 6.45) is -6.58. The minimum Gasteiger partial charge on any atom is -0.449 e. The number of alkyl halides is 3. The van der Waals surface area contributed by atoms with E-state index in [0.717, 1.165) is 10.8 Å². The predicted molar refractivity (Wildman–Crippen MR) is 75.5 cm³/mol. The van der Waals surface area contributed by atoms with Gasteiger partial charge in [-0.05, 0) is 21.9 Å². The Balaban J connectivity index is 2.10. The molecule has 0 aliphatic heterocycles. The quantitative estimate of drug-likeness (QED) is 0.819. The fourth-order valence-corrected chi connectivity index (χ4v) is 2.79. The number of nitrogens with two attached hydrogens (primary N) is 1. The number of hydrogen-bond donors (Lipinski definition) is 1. The smallest absolute Gasteiger partial charge is 0.449 e. The number of hydrogen-bond acceptors (Lipinski definition) is 4. The van der Waals surface area contributed by atoms with Crippen molar-refractivity contribution in [1.29, 1.82) is 0 Å². The average molecular weight is 323 g/mol. The van der Waals surface area contributed by atoms with Crippen LogP contribution in [-0.2, 0) is 20.7 Å². The zero-order valence-corrected chi connectivity index (χ0v) is 11.8. The van der Waals surface area contributed by atoms with Crippen molar-refractivity contribution in [3.8, 4) is 0 Å². The first kappa shape index (κ1) is 15.5. The van der Waals surface area contributed by atoms with Gasteiger partial charge in [0.25, 0.3) is 0 Å². The Bertz CT molecular complexity index is 801. The standard InChI is InChI=1S/C16H12F3NO3/c17-16(18,19)15(22)23-14-10-6-5-8-3-1-2-4-9(8)11(10)7-12(21)13(14)20/h1-6,13-14H,7,20H2. The normalized spacial score (nSPS) is 21.1. The second-order valence-electron chi connectivity index (χ2n) is 5.35. The van der Waals surface area contributed by atoms with Crippen LogP contribution in [0.4, 0.5) is 13.2 Å². The lowest BCUT2D eigenvalue weighted by Gasteiger charge is -2.30. The SMILES string of the molecule is NC1C(=O)Cc2c(ccc3ccccc23)C1OC(=O)C(F)(F)F. The summed E-state index contributed by atoms with van der Waals surface area (Å²) >= 11 is 0. The maximum Gasteiger partial charge on any atom is 0.490 e. The summed E-state index contributed by atoms with van der Waals surface area (Å²) in [6.45, 7) is 0.